The Balaban J connectivity index is 1.67. The molecule has 1 aliphatic rings. The van der Waals surface area contributed by atoms with Gasteiger partial charge in [-0.05, 0) is 25.0 Å². The van der Waals surface area contributed by atoms with Crippen molar-refractivity contribution in [1.29, 1.82) is 0 Å². The quantitative estimate of drug-likeness (QED) is 0.787. The number of anilines is 1. The van der Waals surface area contributed by atoms with Crippen molar-refractivity contribution in [3.05, 3.63) is 30.3 Å². The smallest absolute Gasteiger partial charge is 0.404 e. The van der Waals surface area contributed by atoms with Gasteiger partial charge in [0.05, 0.1) is 0 Å². The van der Waals surface area contributed by atoms with Crippen LogP contribution in [0.25, 0.3) is 0 Å². The Kier molecular flexibility index (Phi) is 5.03. The van der Waals surface area contributed by atoms with Crippen molar-refractivity contribution in [2.75, 3.05) is 31.1 Å². The Bertz CT molecular complexity index is 389. The fourth-order valence-corrected chi connectivity index (χ4v) is 2.40. The highest BCUT2D eigenvalue weighted by Gasteiger charge is 2.18. The van der Waals surface area contributed by atoms with E-state index in [0.29, 0.717) is 19.2 Å². The van der Waals surface area contributed by atoms with E-state index >= 15 is 0 Å². The van der Waals surface area contributed by atoms with E-state index in [1.54, 1.807) is 0 Å². The summed E-state index contributed by atoms with van der Waals surface area (Å²) < 4.78 is 4.69. The van der Waals surface area contributed by atoms with Crippen molar-refractivity contribution in [2.45, 2.75) is 18.9 Å². The molecule has 0 aromatic heterocycles. The minimum absolute atomic E-state index is 0.342. The number of rotatable bonds is 5. The summed E-state index contributed by atoms with van der Waals surface area (Å²) >= 11 is 0. The van der Waals surface area contributed by atoms with Gasteiger partial charge in [0.2, 0.25) is 0 Å². The Labute approximate surface area is 113 Å². The Morgan fingerprint density at radius 1 is 1.32 bits per heavy atom. The molecule has 1 aromatic carbocycles. The van der Waals surface area contributed by atoms with Gasteiger partial charge in [-0.2, -0.15) is 0 Å². The molecular weight excluding hydrogens is 242 g/mol. The van der Waals surface area contributed by atoms with Gasteiger partial charge in [0.25, 0.3) is 0 Å². The van der Waals surface area contributed by atoms with Crippen molar-refractivity contribution in [3.8, 4) is 0 Å². The first-order chi connectivity index (χ1) is 9.25. The van der Waals surface area contributed by atoms with Gasteiger partial charge in [0, 0.05) is 31.4 Å². The van der Waals surface area contributed by atoms with Crippen molar-refractivity contribution in [1.82, 2.24) is 5.32 Å². The normalized spacial score (nSPS) is 16.3. The van der Waals surface area contributed by atoms with Crippen molar-refractivity contribution >= 4 is 11.8 Å². The molecule has 1 heterocycles. The van der Waals surface area contributed by atoms with E-state index in [2.05, 4.69) is 39.2 Å². The number of hydrogen-bond acceptors (Lipinski definition) is 4. The number of primary amides is 1. The zero-order valence-electron chi connectivity index (χ0n) is 11.0. The molecule has 5 nitrogen and oxygen atoms in total. The number of amides is 1. The van der Waals surface area contributed by atoms with Crippen LogP contribution in [0.3, 0.4) is 0 Å². The SMILES string of the molecule is NC(=O)OCCNC1CCN(c2ccccc2)CC1. The number of benzene rings is 1. The third-order valence-electron chi connectivity index (χ3n) is 3.40. The van der Waals surface area contributed by atoms with Gasteiger partial charge in [-0.3, -0.25) is 0 Å². The predicted molar refractivity (Wildman–Crippen MR) is 75.2 cm³/mol. The molecule has 3 N–H and O–H groups in total. The van der Waals surface area contributed by atoms with Crippen LogP contribution < -0.4 is 16.0 Å². The van der Waals surface area contributed by atoms with Crippen LogP contribution in [-0.4, -0.2) is 38.4 Å². The summed E-state index contributed by atoms with van der Waals surface area (Å²) in [6, 6.07) is 11.0. The minimum atomic E-state index is -0.708. The van der Waals surface area contributed by atoms with Crippen LogP contribution in [0.2, 0.25) is 0 Å². The maximum Gasteiger partial charge on any atom is 0.404 e. The molecule has 0 radical (unpaired) electrons. The molecule has 104 valence electrons. The highest BCUT2D eigenvalue weighted by molar-refractivity contribution is 5.64. The highest BCUT2D eigenvalue weighted by atomic mass is 16.5. The number of piperidine rings is 1. The fourth-order valence-electron chi connectivity index (χ4n) is 2.40. The third-order valence-corrected chi connectivity index (χ3v) is 3.40. The van der Waals surface area contributed by atoms with Crippen LogP contribution in [0.5, 0.6) is 0 Å². The van der Waals surface area contributed by atoms with E-state index in [1.165, 1.54) is 5.69 Å². The zero-order valence-corrected chi connectivity index (χ0v) is 11.0. The number of nitrogens with two attached hydrogens (primary N) is 1. The van der Waals surface area contributed by atoms with E-state index in [0.717, 1.165) is 25.9 Å². The van der Waals surface area contributed by atoms with Crippen LogP contribution in [0.4, 0.5) is 10.5 Å². The van der Waals surface area contributed by atoms with Crippen LogP contribution in [0.1, 0.15) is 12.8 Å². The van der Waals surface area contributed by atoms with Gasteiger partial charge in [0.1, 0.15) is 6.61 Å². The molecule has 1 aromatic rings. The Hall–Kier alpha value is -1.75. The van der Waals surface area contributed by atoms with Crippen LogP contribution in [0.15, 0.2) is 30.3 Å². The second-order valence-corrected chi connectivity index (χ2v) is 4.72. The van der Waals surface area contributed by atoms with E-state index in [4.69, 9.17) is 5.73 Å². The number of ether oxygens (including phenoxy) is 1. The number of carbonyl (C=O) groups is 1. The van der Waals surface area contributed by atoms with Gasteiger partial charge >= 0.3 is 6.09 Å². The Morgan fingerprint density at radius 2 is 2.00 bits per heavy atom. The summed E-state index contributed by atoms with van der Waals surface area (Å²) in [7, 11) is 0. The van der Waals surface area contributed by atoms with Crippen LogP contribution in [0, 0.1) is 0 Å². The topological polar surface area (TPSA) is 67.6 Å². The van der Waals surface area contributed by atoms with E-state index < -0.39 is 6.09 Å². The molecule has 2 rings (SSSR count). The number of nitrogens with zero attached hydrogens (tertiary/aromatic N) is 1. The maximum absolute atomic E-state index is 10.4. The molecule has 19 heavy (non-hydrogen) atoms. The number of carbonyl (C=O) groups excluding carboxylic acids is 1. The van der Waals surface area contributed by atoms with Gasteiger partial charge in [-0.25, -0.2) is 4.79 Å². The summed E-state index contributed by atoms with van der Waals surface area (Å²) in [4.78, 5) is 12.8. The van der Waals surface area contributed by atoms with E-state index in [9.17, 15) is 4.79 Å². The Morgan fingerprint density at radius 3 is 2.63 bits per heavy atom. The molecule has 0 aliphatic carbocycles. The number of hydrogen-bond donors (Lipinski definition) is 2. The average molecular weight is 263 g/mol. The fraction of sp³-hybridized carbons (Fsp3) is 0.500. The lowest BCUT2D eigenvalue weighted by molar-refractivity contribution is 0.155. The largest absolute Gasteiger partial charge is 0.448 e. The molecule has 0 unspecified atom stereocenters. The maximum atomic E-state index is 10.4. The van der Waals surface area contributed by atoms with Crippen LogP contribution >= 0.6 is 0 Å². The van der Waals surface area contributed by atoms with Gasteiger partial charge in [0.15, 0.2) is 0 Å². The summed E-state index contributed by atoms with van der Waals surface area (Å²) in [5, 5.41) is 3.39. The lowest BCUT2D eigenvalue weighted by Crippen LogP contribution is -2.43. The van der Waals surface area contributed by atoms with Gasteiger partial charge in [-0.15, -0.1) is 0 Å². The molecule has 1 aliphatic heterocycles. The summed E-state index contributed by atoms with van der Waals surface area (Å²) in [6.45, 7) is 3.11. The molecular formula is C14H21N3O2. The average Bonchev–Trinajstić information content (AvgIpc) is 2.45. The van der Waals surface area contributed by atoms with E-state index in [-0.39, 0.29) is 0 Å². The lowest BCUT2D eigenvalue weighted by Gasteiger charge is -2.34. The molecule has 0 atom stereocenters. The summed E-state index contributed by atoms with van der Waals surface area (Å²) in [5.74, 6) is 0. The molecule has 0 saturated carbocycles. The predicted octanol–water partition coefficient (Wildman–Crippen LogP) is 1.34. The van der Waals surface area contributed by atoms with Crippen molar-refractivity contribution < 1.29 is 9.53 Å². The first kappa shape index (κ1) is 13.7. The first-order valence-corrected chi connectivity index (χ1v) is 6.71. The standard InChI is InChI=1S/C14H21N3O2/c15-14(18)19-11-8-16-12-6-9-17(10-7-12)13-4-2-1-3-5-13/h1-5,12,16H,6-11H2,(H2,15,18). The lowest BCUT2D eigenvalue weighted by atomic mass is 10.0. The van der Waals surface area contributed by atoms with Crippen LogP contribution in [-0.2, 0) is 4.74 Å². The molecule has 1 amide bonds. The zero-order chi connectivity index (χ0) is 13.5. The van der Waals surface area contributed by atoms with E-state index in [1.807, 2.05) is 6.07 Å². The second-order valence-electron chi connectivity index (χ2n) is 4.72. The highest BCUT2D eigenvalue weighted by Crippen LogP contribution is 2.19. The monoisotopic (exact) mass is 263 g/mol. The first-order valence-electron chi connectivity index (χ1n) is 6.71. The number of para-hydroxylation sites is 1. The molecule has 1 fully saturated rings. The third kappa shape index (κ3) is 4.44. The number of nitrogens with one attached hydrogen (secondary N) is 1. The minimum Gasteiger partial charge on any atom is -0.448 e. The molecule has 0 bridgehead atoms. The summed E-state index contributed by atoms with van der Waals surface area (Å²) in [5.41, 5.74) is 6.19. The second kappa shape index (κ2) is 6.99. The van der Waals surface area contributed by atoms with Crippen molar-refractivity contribution in [2.24, 2.45) is 5.73 Å². The summed E-state index contributed by atoms with van der Waals surface area (Å²) in [6.07, 6.45) is 1.50. The van der Waals surface area contributed by atoms with Crippen molar-refractivity contribution in [3.63, 3.8) is 0 Å². The molecule has 5 heteroatoms. The molecule has 0 spiro atoms. The molecule has 1 saturated heterocycles. The van der Waals surface area contributed by atoms with Gasteiger partial charge in [-0.1, -0.05) is 18.2 Å². The van der Waals surface area contributed by atoms with Gasteiger partial charge < -0.3 is 20.7 Å².